The van der Waals surface area contributed by atoms with Gasteiger partial charge in [-0.05, 0) is 49.1 Å². The predicted molar refractivity (Wildman–Crippen MR) is 102 cm³/mol. The van der Waals surface area contributed by atoms with Crippen molar-refractivity contribution in [1.82, 2.24) is 9.97 Å². The minimum Gasteiger partial charge on any atom is -0.340 e. The fourth-order valence-corrected chi connectivity index (χ4v) is 3.30. The molecule has 2 heterocycles. The lowest BCUT2D eigenvalue weighted by Gasteiger charge is -2.29. The van der Waals surface area contributed by atoms with E-state index in [0.717, 1.165) is 42.7 Å². The highest BCUT2D eigenvalue weighted by Gasteiger charge is 2.18. The largest absolute Gasteiger partial charge is 0.340 e. The van der Waals surface area contributed by atoms with E-state index in [9.17, 15) is 0 Å². The van der Waals surface area contributed by atoms with Gasteiger partial charge in [-0.1, -0.05) is 36.4 Å². The Morgan fingerprint density at radius 2 is 1.76 bits per heavy atom. The molecule has 0 atom stereocenters. The van der Waals surface area contributed by atoms with Crippen LogP contribution in [-0.4, -0.2) is 16.5 Å². The molecule has 1 aliphatic rings. The summed E-state index contributed by atoms with van der Waals surface area (Å²) in [5.41, 5.74) is 6.05. The molecule has 4 rings (SSSR count). The zero-order valence-electron chi connectivity index (χ0n) is 14.7. The molecular weight excluding hydrogens is 308 g/mol. The van der Waals surface area contributed by atoms with Crippen molar-refractivity contribution in [3.63, 3.8) is 0 Å². The van der Waals surface area contributed by atoms with E-state index in [1.807, 2.05) is 19.1 Å². The smallest absolute Gasteiger partial charge is 0.227 e. The van der Waals surface area contributed by atoms with Gasteiger partial charge in [0.25, 0.3) is 0 Å². The predicted octanol–water partition coefficient (Wildman–Crippen LogP) is 4.40. The van der Waals surface area contributed by atoms with Gasteiger partial charge in [0.05, 0.1) is 0 Å². The second-order valence-electron chi connectivity index (χ2n) is 6.63. The van der Waals surface area contributed by atoms with Gasteiger partial charge < -0.3 is 10.2 Å². The summed E-state index contributed by atoms with van der Waals surface area (Å²) < 4.78 is 0. The normalized spacial score (nSPS) is 13.4. The lowest BCUT2D eigenvalue weighted by molar-refractivity contribution is 0.706. The highest BCUT2D eigenvalue weighted by Crippen LogP contribution is 2.24. The molecule has 2 aromatic carbocycles. The molecule has 4 nitrogen and oxygen atoms in total. The number of anilines is 3. The van der Waals surface area contributed by atoms with Crippen LogP contribution in [0, 0.1) is 13.8 Å². The van der Waals surface area contributed by atoms with Gasteiger partial charge in [0.15, 0.2) is 0 Å². The average Bonchev–Trinajstić information content (AvgIpc) is 2.61. The Hall–Kier alpha value is -2.88. The first-order chi connectivity index (χ1) is 12.2. The molecule has 0 bridgehead atoms. The molecule has 1 aliphatic heterocycles. The number of aryl methyl sites for hydroxylation is 2. The first-order valence-electron chi connectivity index (χ1n) is 8.68. The molecule has 25 heavy (non-hydrogen) atoms. The molecule has 0 fully saturated rings. The van der Waals surface area contributed by atoms with Gasteiger partial charge in [-0.3, -0.25) is 0 Å². The molecule has 0 saturated carbocycles. The number of benzene rings is 2. The van der Waals surface area contributed by atoms with E-state index in [1.54, 1.807) is 0 Å². The third-order valence-electron chi connectivity index (χ3n) is 4.55. The summed E-state index contributed by atoms with van der Waals surface area (Å²) in [4.78, 5) is 11.7. The number of fused-ring (bicyclic) bond motifs is 1. The van der Waals surface area contributed by atoms with Crippen LogP contribution in [0.15, 0.2) is 54.6 Å². The van der Waals surface area contributed by atoms with E-state index in [0.29, 0.717) is 0 Å². The van der Waals surface area contributed by atoms with Crippen molar-refractivity contribution in [3.05, 3.63) is 77.0 Å². The monoisotopic (exact) mass is 330 g/mol. The van der Waals surface area contributed by atoms with Crippen LogP contribution in [0.4, 0.5) is 17.5 Å². The maximum absolute atomic E-state index is 4.76. The Bertz CT molecular complexity index is 904. The van der Waals surface area contributed by atoms with Gasteiger partial charge in [0.1, 0.15) is 5.82 Å². The topological polar surface area (TPSA) is 41.1 Å². The van der Waals surface area contributed by atoms with Gasteiger partial charge in [0.2, 0.25) is 5.95 Å². The average molecular weight is 330 g/mol. The molecule has 0 radical (unpaired) electrons. The zero-order valence-corrected chi connectivity index (χ0v) is 14.7. The second-order valence-corrected chi connectivity index (χ2v) is 6.63. The van der Waals surface area contributed by atoms with Crippen LogP contribution in [0.1, 0.15) is 22.4 Å². The number of aromatic nitrogens is 2. The van der Waals surface area contributed by atoms with Crippen molar-refractivity contribution in [2.75, 3.05) is 16.8 Å². The van der Waals surface area contributed by atoms with Crippen molar-refractivity contribution < 1.29 is 0 Å². The SMILES string of the molecule is Cc1cccc(Nc2cc(C)nc(N3CCc4ccccc4C3)n2)c1. The van der Waals surface area contributed by atoms with E-state index < -0.39 is 0 Å². The third-order valence-corrected chi connectivity index (χ3v) is 4.55. The third kappa shape index (κ3) is 3.48. The molecule has 0 aliphatic carbocycles. The summed E-state index contributed by atoms with van der Waals surface area (Å²) in [7, 11) is 0. The maximum Gasteiger partial charge on any atom is 0.227 e. The molecular formula is C21H22N4. The van der Waals surface area contributed by atoms with Crippen LogP contribution in [0.25, 0.3) is 0 Å². The first kappa shape index (κ1) is 15.6. The van der Waals surface area contributed by atoms with Crippen molar-refractivity contribution >= 4 is 17.5 Å². The summed E-state index contributed by atoms with van der Waals surface area (Å²) in [5, 5.41) is 3.41. The van der Waals surface area contributed by atoms with Gasteiger partial charge in [-0.25, -0.2) is 4.98 Å². The highest BCUT2D eigenvalue weighted by molar-refractivity contribution is 5.58. The number of nitrogens with one attached hydrogen (secondary N) is 1. The van der Waals surface area contributed by atoms with Gasteiger partial charge in [0, 0.05) is 30.5 Å². The standard InChI is InChI=1S/C21H22N4/c1-15-6-5-9-19(12-15)23-20-13-16(2)22-21(24-20)25-11-10-17-7-3-4-8-18(17)14-25/h3-9,12-13H,10-11,14H2,1-2H3,(H,22,23,24). The fourth-order valence-electron chi connectivity index (χ4n) is 3.30. The first-order valence-corrected chi connectivity index (χ1v) is 8.68. The molecule has 1 aromatic heterocycles. The maximum atomic E-state index is 4.76. The van der Waals surface area contributed by atoms with Gasteiger partial charge in [-0.2, -0.15) is 4.98 Å². The molecule has 126 valence electrons. The minimum absolute atomic E-state index is 0.796. The Balaban J connectivity index is 1.60. The van der Waals surface area contributed by atoms with Gasteiger partial charge in [-0.15, -0.1) is 0 Å². The Labute approximate surface area is 148 Å². The second kappa shape index (κ2) is 6.55. The summed E-state index contributed by atoms with van der Waals surface area (Å²) in [6, 6.07) is 18.9. The molecule has 3 aromatic rings. The summed E-state index contributed by atoms with van der Waals surface area (Å²) in [6.45, 7) is 5.92. The quantitative estimate of drug-likeness (QED) is 0.773. The van der Waals surface area contributed by atoms with Crippen LogP contribution in [0.5, 0.6) is 0 Å². The number of rotatable bonds is 3. The Morgan fingerprint density at radius 1 is 0.920 bits per heavy atom. The van der Waals surface area contributed by atoms with Crippen molar-refractivity contribution in [2.45, 2.75) is 26.8 Å². The molecule has 4 heteroatoms. The van der Waals surface area contributed by atoms with Crippen LogP contribution in [0.2, 0.25) is 0 Å². The lowest BCUT2D eigenvalue weighted by atomic mass is 10.0. The van der Waals surface area contributed by atoms with Gasteiger partial charge >= 0.3 is 0 Å². The van der Waals surface area contributed by atoms with Crippen molar-refractivity contribution in [1.29, 1.82) is 0 Å². The van der Waals surface area contributed by atoms with E-state index in [2.05, 4.69) is 64.6 Å². The van der Waals surface area contributed by atoms with E-state index in [-0.39, 0.29) is 0 Å². The highest BCUT2D eigenvalue weighted by atomic mass is 15.3. The van der Waals surface area contributed by atoms with Crippen LogP contribution < -0.4 is 10.2 Å². The summed E-state index contributed by atoms with van der Waals surface area (Å²) in [5.74, 6) is 1.64. The van der Waals surface area contributed by atoms with Crippen LogP contribution >= 0.6 is 0 Å². The summed E-state index contributed by atoms with van der Waals surface area (Å²) in [6.07, 6.45) is 1.04. The summed E-state index contributed by atoms with van der Waals surface area (Å²) >= 11 is 0. The van der Waals surface area contributed by atoms with E-state index in [4.69, 9.17) is 4.98 Å². The van der Waals surface area contributed by atoms with E-state index in [1.165, 1.54) is 16.7 Å². The van der Waals surface area contributed by atoms with E-state index >= 15 is 0 Å². The minimum atomic E-state index is 0.796. The zero-order chi connectivity index (χ0) is 17.2. The van der Waals surface area contributed by atoms with Crippen LogP contribution in [-0.2, 0) is 13.0 Å². The molecule has 0 amide bonds. The Kier molecular flexibility index (Phi) is 4.10. The molecule has 0 saturated heterocycles. The van der Waals surface area contributed by atoms with Crippen molar-refractivity contribution in [2.24, 2.45) is 0 Å². The molecule has 0 spiro atoms. The number of hydrogen-bond donors (Lipinski definition) is 1. The lowest BCUT2D eigenvalue weighted by Crippen LogP contribution is -2.32. The van der Waals surface area contributed by atoms with Crippen molar-refractivity contribution in [3.8, 4) is 0 Å². The molecule has 0 unspecified atom stereocenters. The fraction of sp³-hybridized carbons (Fsp3) is 0.238. The Morgan fingerprint density at radius 3 is 2.60 bits per heavy atom. The number of nitrogens with zero attached hydrogens (tertiary/aromatic N) is 3. The number of hydrogen-bond acceptors (Lipinski definition) is 4. The molecule has 1 N–H and O–H groups in total. The van der Waals surface area contributed by atoms with Crippen LogP contribution in [0.3, 0.4) is 0 Å².